The summed E-state index contributed by atoms with van der Waals surface area (Å²) in [5.41, 5.74) is 3.07. The van der Waals surface area contributed by atoms with Gasteiger partial charge in [0.2, 0.25) is 0 Å². The van der Waals surface area contributed by atoms with Crippen LogP contribution in [0.2, 0.25) is 5.02 Å². The first-order valence-corrected chi connectivity index (χ1v) is 11.3. The number of amides is 1. The van der Waals surface area contributed by atoms with Crippen molar-refractivity contribution in [2.24, 2.45) is 0 Å². The van der Waals surface area contributed by atoms with E-state index in [9.17, 15) is 4.79 Å². The molecule has 1 atom stereocenters. The van der Waals surface area contributed by atoms with E-state index in [1.54, 1.807) is 11.3 Å². The highest BCUT2D eigenvalue weighted by Crippen LogP contribution is 2.41. The minimum Gasteiger partial charge on any atom is -0.313 e. The Morgan fingerprint density at radius 1 is 1.10 bits per heavy atom. The summed E-state index contributed by atoms with van der Waals surface area (Å²) in [6, 6.07) is 19.9. The third-order valence-electron chi connectivity index (χ3n) is 5.41. The average Bonchev–Trinajstić information content (AvgIpc) is 3.41. The fourth-order valence-corrected chi connectivity index (χ4v) is 5.08. The second-order valence-corrected chi connectivity index (χ2v) is 8.94. The molecule has 0 spiro atoms. The standard InChI is InChI=1S/C24H25ClN2OS/c1-2-20-16-21(24(29-20)26-23(28)18-8-4-3-5-9-18)22(27-14-6-7-15-27)17-10-12-19(25)13-11-17/h3-5,8-13,16,22H,2,6-7,14-15H2,1H3,(H,26,28). The number of carbonyl (C=O) groups is 1. The first kappa shape index (κ1) is 20.1. The number of likely N-dealkylation sites (tertiary alicyclic amines) is 1. The lowest BCUT2D eigenvalue weighted by Crippen LogP contribution is -2.27. The number of thiophene rings is 1. The van der Waals surface area contributed by atoms with Gasteiger partial charge in [-0.05, 0) is 68.2 Å². The molecule has 3 nitrogen and oxygen atoms in total. The molecule has 29 heavy (non-hydrogen) atoms. The second kappa shape index (κ2) is 9.12. The van der Waals surface area contributed by atoms with E-state index in [4.69, 9.17) is 11.6 Å². The molecular weight excluding hydrogens is 400 g/mol. The van der Waals surface area contributed by atoms with Crippen LogP contribution in [0.4, 0.5) is 5.00 Å². The van der Waals surface area contributed by atoms with E-state index in [0.29, 0.717) is 5.56 Å². The number of hydrogen-bond donors (Lipinski definition) is 1. The number of hydrogen-bond acceptors (Lipinski definition) is 3. The summed E-state index contributed by atoms with van der Waals surface area (Å²) in [5.74, 6) is -0.0624. The lowest BCUT2D eigenvalue weighted by molar-refractivity contribution is 0.102. The van der Waals surface area contributed by atoms with Gasteiger partial charge in [-0.2, -0.15) is 0 Å². The Bertz CT molecular complexity index is 962. The van der Waals surface area contributed by atoms with Gasteiger partial charge in [0.15, 0.2) is 0 Å². The van der Waals surface area contributed by atoms with Crippen LogP contribution < -0.4 is 5.32 Å². The van der Waals surface area contributed by atoms with Gasteiger partial charge < -0.3 is 5.32 Å². The molecular formula is C24H25ClN2OS. The normalized spacial score (nSPS) is 15.4. The van der Waals surface area contributed by atoms with Crippen molar-refractivity contribution >= 4 is 33.8 Å². The molecule has 1 amide bonds. The SMILES string of the molecule is CCc1cc(C(c2ccc(Cl)cc2)N2CCCC2)c(NC(=O)c2ccccc2)s1. The monoisotopic (exact) mass is 424 g/mol. The van der Waals surface area contributed by atoms with Gasteiger partial charge in [0.1, 0.15) is 5.00 Å². The van der Waals surface area contributed by atoms with Crippen molar-refractivity contribution in [2.75, 3.05) is 18.4 Å². The lowest BCUT2D eigenvalue weighted by atomic mass is 9.98. The number of halogens is 1. The van der Waals surface area contributed by atoms with Gasteiger partial charge in [0, 0.05) is 21.0 Å². The smallest absolute Gasteiger partial charge is 0.256 e. The highest BCUT2D eigenvalue weighted by Gasteiger charge is 2.29. The minimum absolute atomic E-state index is 0.0624. The number of nitrogens with zero attached hydrogens (tertiary/aromatic N) is 1. The Labute approximate surface area is 181 Å². The summed E-state index contributed by atoms with van der Waals surface area (Å²) in [6.07, 6.45) is 3.37. The molecule has 2 aromatic carbocycles. The summed E-state index contributed by atoms with van der Waals surface area (Å²) in [4.78, 5) is 16.6. The van der Waals surface area contributed by atoms with E-state index < -0.39 is 0 Å². The van der Waals surface area contributed by atoms with Gasteiger partial charge >= 0.3 is 0 Å². The maximum absolute atomic E-state index is 12.9. The maximum atomic E-state index is 12.9. The van der Waals surface area contributed by atoms with E-state index in [1.165, 1.54) is 28.8 Å². The van der Waals surface area contributed by atoms with Gasteiger partial charge in [-0.1, -0.05) is 48.9 Å². The largest absolute Gasteiger partial charge is 0.313 e. The van der Waals surface area contributed by atoms with E-state index in [2.05, 4.69) is 35.3 Å². The van der Waals surface area contributed by atoms with E-state index in [1.807, 2.05) is 42.5 Å². The van der Waals surface area contributed by atoms with Crippen LogP contribution in [0.3, 0.4) is 0 Å². The zero-order valence-corrected chi connectivity index (χ0v) is 18.1. The summed E-state index contributed by atoms with van der Waals surface area (Å²) < 4.78 is 0. The van der Waals surface area contributed by atoms with Gasteiger partial charge in [0.25, 0.3) is 5.91 Å². The molecule has 3 aromatic rings. The van der Waals surface area contributed by atoms with Crippen LogP contribution >= 0.6 is 22.9 Å². The number of rotatable bonds is 6. The summed E-state index contributed by atoms with van der Waals surface area (Å²) in [6.45, 7) is 4.29. The van der Waals surface area contributed by atoms with Crippen molar-refractivity contribution in [1.82, 2.24) is 4.90 Å². The predicted octanol–water partition coefficient (Wildman–Crippen LogP) is 6.40. The molecule has 0 saturated carbocycles. The van der Waals surface area contributed by atoms with Crippen LogP contribution in [0.15, 0.2) is 60.7 Å². The Balaban J connectivity index is 1.73. The number of anilines is 1. The number of benzene rings is 2. The van der Waals surface area contributed by atoms with Crippen molar-refractivity contribution in [3.8, 4) is 0 Å². The zero-order valence-electron chi connectivity index (χ0n) is 16.5. The van der Waals surface area contributed by atoms with E-state index in [-0.39, 0.29) is 11.9 Å². The molecule has 1 aliphatic rings. The van der Waals surface area contributed by atoms with Crippen LogP contribution in [0.5, 0.6) is 0 Å². The molecule has 0 bridgehead atoms. The molecule has 0 radical (unpaired) electrons. The number of aryl methyl sites for hydroxylation is 1. The molecule has 4 rings (SSSR count). The third-order valence-corrected chi connectivity index (χ3v) is 6.87. The molecule has 1 aromatic heterocycles. The molecule has 2 heterocycles. The molecule has 1 unspecified atom stereocenters. The molecule has 1 saturated heterocycles. The molecule has 1 N–H and O–H groups in total. The Morgan fingerprint density at radius 3 is 2.45 bits per heavy atom. The first-order chi connectivity index (χ1) is 14.2. The number of nitrogens with one attached hydrogen (secondary N) is 1. The number of carbonyl (C=O) groups excluding carboxylic acids is 1. The predicted molar refractivity (Wildman–Crippen MR) is 122 cm³/mol. The van der Waals surface area contributed by atoms with Crippen LogP contribution in [0.1, 0.15) is 52.2 Å². The summed E-state index contributed by atoms with van der Waals surface area (Å²) in [7, 11) is 0. The second-order valence-electron chi connectivity index (χ2n) is 7.37. The highest BCUT2D eigenvalue weighted by molar-refractivity contribution is 7.16. The van der Waals surface area contributed by atoms with E-state index >= 15 is 0 Å². The molecule has 0 aliphatic carbocycles. The van der Waals surface area contributed by atoms with Gasteiger partial charge in [-0.15, -0.1) is 11.3 Å². The van der Waals surface area contributed by atoms with Gasteiger partial charge in [0.05, 0.1) is 6.04 Å². The van der Waals surface area contributed by atoms with Crippen molar-refractivity contribution in [2.45, 2.75) is 32.2 Å². The third kappa shape index (κ3) is 4.55. The maximum Gasteiger partial charge on any atom is 0.256 e. The quantitative estimate of drug-likeness (QED) is 0.496. The molecule has 5 heteroatoms. The molecule has 1 aliphatic heterocycles. The fourth-order valence-electron chi connectivity index (χ4n) is 3.93. The van der Waals surface area contributed by atoms with Crippen LogP contribution in [-0.4, -0.2) is 23.9 Å². The van der Waals surface area contributed by atoms with Crippen molar-refractivity contribution in [1.29, 1.82) is 0 Å². The van der Waals surface area contributed by atoms with Crippen LogP contribution in [-0.2, 0) is 6.42 Å². The van der Waals surface area contributed by atoms with Gasteiger partial charge in [-0.3, -0.25) is 9.69 Å². The Hall–Kier alpha value is -2.14. The van der Waals surface area contributed by atoms with Gasteiger partial charge in [-0.25, -0.2) is 0 Å². The average molecular weight is 425 g/mol. The van der Waals surface area contributed by atoms with Crippen LogP contribution in [0, 0.1) is 0 Å². The minimum atomic E-state index is -0.0624. The zero-order chi connectivity index (χ0) is 20.2. The Morgan fingerprint density at radius 2 is 1.79 bits per heavy atom. The van der Waals surface area contributed by atoms with Crippen LogP contribution in [0.25, 0.3) is 0 Å². The summed E-state index contributed by atoms with van der Waals surface area (Å²) in [5, 5.41) is 4.88. The Kier molecular flexibility index (Phi) is 6.34. The van der Waals surface area contributed by atoms with E-state index in [0.717, 1.165) is 29.5 Å². The molecule has 1 fully saturated rings. The van der Waals surface area contributed by atoms with Crippen molar-refractivity contribution < 1.29 is 4.79 Å². The molecule has 150 valence electrons. The lowest BCUT2D eigenvalue weighted by Gasteiger charge is -2.28. The summed E-state index contributed by atoms with van der Waals surface area (Å²) >= 11 is 7.83. The fraction of sp³-hybridized carbons (Fsp3) is 0.292. The van der Waals surface area contributed by atoms with Crippen molar-refractivity contribution in [3.05, 3.63) is 87.3 Å². The topological polar surface area (TPSA) is 32.3 Å². The van der Waals surface area contributed by atoms with Crippen molar-refractivity contribution in [3.63, 3.8) is 0 Å². The first-order valence-electron chi connectivity index (χ1n) is 10.1. The highest BCUT2D eigenvalue weighted by atomic mass is 35.5.